The Balaban J connectivity index is 1.64. The van der Waals surface area contributed by atoms with Gasteiger partial charge < -0.3 is 0 Å². The molecule has 0 aromatic heterocycles. The largest absolute Gasteiger partial charge is 0.0958 e. The van der Waals surface area contributed by atoms with Gasteiger partial charge in [0.1, 0.15) is 0 Å². The van der Waals surface area contributed by atoms with Crippen LogP contribution in [0.4, 0.5) is 0 Å². The van der Waals surface area contributed by atoms with Crippen molar-refractivity contribution in [2.45, 2.75) is 72.1 Å². The van der Waals surface area contributed by atoms with Crippen LogP contribution < -0.4 is 0 Å². The molecule has 0 aromatic rings. The average Bonchev–Trinajstić information content (AvgIpc) is 2.69. The van der Waals surface area contributed by atoms with Crippen molar-refractivity contribution in [1.82, 2.24) is 0 Å². The van der Waals surface area contributed by atoms with Gasteiger partial charge in [-0.05, 0) is 85.9 Å². The highest BCUT2D eigenvalue weighted by Crippen LogP contribution is 2.67. The third-order valence-electron chi connectivity index (χ3n) is 8.43. The highest BCUT2D eigenvalue weighted by molar-refractivity contribution is 5.29. The van der Waals surface area contributed by atoms with Crippen molar-refractivity contribution >= 4 is 0 Å². The number of allylic oxidation sites excluding steroid dienone is 3. The van der Waals surface area contributed by atoms with Crippen LogP contribution in [0.15, 0.2) is 23.8 Å². The van der Waals surface area contributed by atoms with Crippen LogP contribution in [-0.4, -0.2) is 0 Å². The predicted molar refractivity (Wildman–Crippen MR) is 90.0 cm³/mol. The number of hydrogen-bond acceptors (Lipinski definition) is 0. The Morgan fingerprint density at radius 2 is 1.76 bits per heavy atom. The lowest BCUT2D eigenvalue weighted by atomic mass is 9.49. The van der Waals surface area contributed by atoms with Crippen LogP contribution in [0.5, 0.6) is 0 Å². The van der Waals surface area contributed by atoms with E-state index in [1.807, 2.05) is 0 Å². The smallest absolute Gasteiger partial charge is 0.0166 e. The summed E-state index contributed by atoms with van der Waals surface area (Å²) in [6.45, 7) is 11.9. The van der Waals surface area contributed by atoms with E-state index in [-0.39, 0.29) is 0 Å². The predicted octanol–water partition coefficient (Wildman–Crippen LogP) is 6.14. The zero-order valence-electron chi connectivity index (χ0n) is 14.3. The SMILES string of the molecule is C=C1C=C2CCC3C(CCC4(C)C3CCC4(C)C)C2CC1. The van der Waals surface area contributed by atoms with E-state index in [0.717, 1.165) is 23.7 Å². The van der Waals surface area contributed by atoms with Crippen molar-refractivity contribution in [3.63, 3.8) is 0 Å². The molecule has 0 bridgehead atoms. The second-order valence-corrected chi connectivity index (χ2v) is 9.37. The number of fused-ring (bicyclic) bond motifs is 5. The Labute approximate surface area is 131 Å². The molecule has 0 heterocycles. The molecule has 5 unspecified atom stereocenters. The van der Waals surface area contributed by atoms with E-state index in [9.17, 15) is 0 Å². The van der Waals surface area contributed by atoms with Crippen LogP contribution in [0.1, 0.15) is 72.1 Å². The van der Waals surface area contributed by atoms with Gasteiger partial charge in [0, 0.05) is 0 Å². The molecule has 4 rings (SSSR count). The molecule has 3 saturated carbocycles. The summed E-state index contributed by atoms with van der Waals surface area (Å²) in [6, 6.07) is 0. The molecule has 3 fully saturated rings. The van der Waals surface area contributed by atoms with E-state index in [4.69, 9.17) is 0 Å². The Kier molecular flexibility index (Phi) is 3.02. The van der Waals surface area contributed by atoms with E-state index >= 15 is 0 Å². The van der Waals surface area contributed by atoms with Gasteiger partial charge in [-0.25, -0.2) is 0 Å². The van der Waals surface area contributed by atoms with Crippen LogP contribution in [0.3, 0.4) is 0 Å². The third-order valence-corrected chi connectivity index (χ3v) is 8.43. The first-order chi connectivity index (χ1) is 9.92. The molecule has 0 N–H and O–H groups in total. The molecule has 0 amide bonds. The monoisotopic (exact) mass is 284 g/mol. The van der Waals surface area contributed by atoms with Crippen molar-refractivity contribution in [3.05, 3.63) is 23.8 Å². The zero-order valence-corrected chi connectivity index (χ0v) is 14.3. The summed E-state index contributed by atoms with van der Waals surface area (Å²) in [4.78, 5) is 0. The minimum atomic E-state index is 0.569. The Morgan fingerprint density at radius 1 is 0.952 bits per heavy atom. The van der Waals surface area contributed by atoms with E-state index in [2.05, 4.69) is 33.4 Å². The molecule has 0 aromatic carbocycles. The molecule has 21 heavy (non-hydrogen) atoms. The van der Waals surface area contributed by atoms with E-state index in [1.165, 1.54) is 56.9 Å². The first kappa shape index (κ1) is 14.1. The summed E-state index contributed by atoms with van der Waals surface area (Å²) in [7, 11) is 0. The molecule has 4 aliphatic carbocycles. The summed E-state index contributed by atoms with van der Waals surface area (Å²) >= 11 is 0. The standard InChI is InChI=1S/C21H32/c1-14-5-7-16-15(13-14)6-8-18-17(16)9-12-21(4)19(18)10-11-20(21,2)3/h13,16-19H,1,5-12H2,2-4H3. The first-order valence-electron chi connectivity index (χ1n) is 9.31. The molecule has 0 heteroatoms. The van der Waals surface area contributed by atoms with E-state index < -0.39 is 0 Å². The average molecular weight is 284 g/mol. The maximum absolute atomic E-state index is 4.22. The Hall–Kier alpha value is -0.520. The molecule has 5 atom stereocenters. The van der Waals surface area contributed by atoms with E-state index in [1.54, 1.807) is 5.57 Å². The van der Waals surface area contributed by atoms with E-state index in [0.29, 0.717) is 10.8 Å². The van der Waals surface area contributed by atoms with Gasteiger partial charge in [-0.3, -0.25) is 0 Å². The molecular weight excluding hydrogens is 252 g/mol. The maximum Gasteiger partial charge on any atom is -0.0166 e. The molecule has 0 nitrogen and oxygen atoms in total. The number of rotatable bonds is 0. The summed E-state index contributed by atoms with van der Waals surface area (Å²) < 4.78 is 0. The van der Waals surface area contributed by atoms with Gasteiger partial charge in [-0.2, -0.15) is 0 Å². The third kappa shape index (κ3) is 1.87. The van der Waals surface area contributed by atoms with Crippen molar-refractivity contribution < 1.29 is 0 Å². The van der Waals surface area contributed by atoms with Crippen LogP contribution in [0, 0.1) is 34.5 Å². The van der Waals surface area contributed by atoms with Gasteiger partial charge in [-0.1, -0.05) is 44.6 Å². The van der Waals surface area contributed by atoms with Crippen molar-refractivity contribution in [2.24, 2.45) is 34.5 Å². The normalized spacial score (nSPS) is 48.1. The van der Waals surface area contributed by atoms with Gasteiger partial charge in [0.25, 0.3) is 0 Å². The molecule has 0 saturated heterocycles. The van der Waals surface area contributed by atoms with Crippen molar-refractivity contribution in [1.29, 1.82) is 0 Å². The van der Waals surface area contributed by atoms with Crippen LogP contribution in [-0.2, 0) is 0 Å². The summed E-state index contributed by atoms with van der Waals surface area (Å²) in [5.74, 6) is 3.96. The fourth-order valence-corrected chi connectivity index (χ4v) is 6.77. The fourth-order valence-electron chi connectivity index (χ4n) is 6.77. The molecule has 0 radical (unpaired) electrons. The van der Waals surface area contributed by atoms with Crippen LogP contribution >= 0.6 is 0 Å². The molecule has 4 aliphatic rings. The van der Waals surface area contributed by atoms with Gasteiger partial charge in [0.15, 0.2) is 0 Å². The van der Waals surface area contributed by atoms with Crippen molar-refractivity contribution in [3.8, 4) is 0 Å². The topological polar surface area (TPSA) is 0 Å². The lowest BCUT2D eigenvalue weighted by Gasteiger charge is -2.56. The highest BCUT2D eigenvalue weighted by Gasteiger charge is 2.58. The van der Waals surface area contributed by atoms with Gasteiger partial charge >= 0.3 is 0 Å². The first-order valence-corrected chi connectivity index (χ1v) is 9.31. The lowest BCUT2D eigenvalue weighted by Crippen LogP contribution is -2.48. The summed E-state index contributed by atoms with van der Waals surface area (Å²) in [5, 5.41) is 0. The zero-order chi connectivity index (χ0) is 14.8. The van der Waals surface area contributed by atoms with Crippen LogP contribution in [0.25, 0.3) is 0 Å². The Bertz CT molecular complexity index is 494. The summed E-state index contributed by atoms with van der Waals surface area (Å²) in [6.07, 6.45) is 13.9. The lowest BCUT2D eigenvalue weighted by molar-refractivity contribution is -0.0463. The maximum atomic E-state index is 4.22. The Morgan fingerprint density at radius 3 is 2.57 bits per heavy atom. The second-order valence-electron chi connectivity index (χ2n) is 9.37. The van der Waals surface area contributed by atoms with Crippen LogP contribution in [0.2, 0.25) is 0 Å². The molecule has 116 valence electrons. The molecular formula is C21H32. The quantitative estimate of drug-likeness (QED) is 0.501. The number of hydrogen-bond donors (Lipinski definition) is 0. The molecule has 0 aliphatic heterocycles. The van der Waals surface area contributed by atoms with Gasteiger partial charge in [0.05, 0.1) is 0 Å². The van der Waals surface area contributed by atoms with Crippen molar-refractivity contribution in [2.75, 3.05) is 0 Å². The minimum Gasteiger partial charge on any atom is -0.0958 e. The van der Waals surface area contributed by atoms with Gasteiger partial charge in [0.2, 0.25) is 0 Å². The minimum absolute atomic E-state index is 0.569. The summed E-state index contributed by atoms with van der Waals surface area (Å²) in [5.41, 5.74) is 4.35. The highest BCUT2D eigenvalue weighted by atomic mass is 14.6. The van der Waals surface area contributed by atoms with Gasteiger partial charge in [-0.15, -0.1) is 0 Å². The second kappa shape index (κ2) is 4.49. The fraction of sp³-hybridized carbons (Fsp3) is 0.810. The molecule has 0 spiro atoms.